The van der Waals surface area contributed by atoms with Crippen LogP contribution in [-0.4, -0.2) is 16.3 Å². The lowest BCUT2D eigenvalue weighted by molar-refractivity contribution is -0.0757. The van der Waals surface area contributed by atoms with E-state index in [0.717, 1.165) is 23.1 Å². The van der Waals surface area contributed by atoms with Crippen molar-refractivity contribution in [3.05, 3.63) is 65.0 Å². The second-order valence-electron chi connectivity index (χ2n) is 5.51. The van der Waals surface area contributed by atoms with Gasteiger partial charge in [0.25, 0.3) is 0 Å². The highest BCUT2D eigenvalue weighted by molar-refractivity contribution is 5.71. The summed E-state index contributed by atoms with van der Waals surface area (Å²) in [6, 6.07) is 10.4. The Bertz CT molecular complexity index is 718. The number of carbonyl (C=O) groups is 1. The number of aryl methyl sites for hydroxylation is 1. The number of benzene rings is 2. The van der Waals surface area contributed by atoms with Gasteiger partial charge in [0.05, 0.1) is 6.04 Å². The first-order valence-corrected chi connectivity index (χ1v) is 7.32. The van der Waals surface area contributed by atoms with Crippen LogP contribution in [0.4, 0.5) is 9.18 Å². The third kappa shape index (κ3) is 3.27. The minimum absolute atomic E-state index is 0.277. The van der Waals surface area contributed by atoms with Gasteiger partial charge in [0.2, 0.25) is 0 Å². The smallest absolute Gasteiger partial charge is 0.339 e. The largest absolute Gasteiger partial charge is 0.489 e. The van der Waals surface area contributed by atoms with Crippen LogP contribution in [0.2, 0.25) is 0 Å². The average molecular weight is 316 g/mol. The van der Waals surface area contributed by atoms with Gasteiger partial charge in [-0.2, -0.15) is 5.06 Å². The number of hydrogen-bond donors (Lipinski definition) is 2. The van der Waals surface area contributed by atoms with Crippen molar-refractivity contribution in [3.8, 4) is 5.75 Å². The molecule has 0 heterocycles. The van der Waals surface area contributed by atoms with E-state index in [1.54, 1.807) is 18.2 Å². The van der Waals surface area contributed by atoms with E-state index >= 15 is 0 Å². The summed E-state index contributed by atoms with van der Waals surface area (Å²) in [5.41, 5.74) is 7.88. The van der Waals surface area contributed by atoms with Gasteiger partial charge in [-0.25, -0.2) is 9.18 Å². The van der Waals surface area contributed by atoms with Crippen molar-refractivity contribution < 1.29 is 19.1 Å². The molecule has 2 aromatic rings. The first-order chi connectivity index (χ1) is 11.0. The van der Waals surface area contributed by atoms with Gasteiger partial charge in [0.15, 0.2) is 0 Å². The maximum absolute atomic E-state index is 12.9. The van der Waals surface area contributed by atoms with Crippen molar-refractivity contribution in [1.82, 2.24) is 5.06 Å². The van der Waals surface area contributed by atoms with Crippen molar-refractivity contribution in [2.24, 2.45) is 5.73 Å². The van der Waals surface area contributed by atoms with Crippen molar-refractivity contribution in [2.75, 3.05) is 0 Å². The van der Waals surface area contributed by atoms with Gasteiger partial charge in [0, 0.05) is 0 Å². The first-order valence-electron chi connectivity index (χ1n) is 7.32. The fourth-order valence-electron chi connectivity index (χ4n) is 2.82. The highest BCUT2D eigenvalue weighted by atomic mass is 19.1. The summed E-state index contributed by atoms with van der Waals surface area (Å²) in [5, 5.41) is 10.3. The molecule has 1 aliphatic rings. The molecule has 0 aliphatic heterocycles. The van der Waals surface area contributed by atoms with Gasteiger partial charge in [-0.05, 0) is 53.8 Å². The monoisotopic (exact) mass is 316 g/mol. The van der Waals surface area contributed by atoms with E-state index in [1.807, 2.05) is 12.1 Å². The van der Waals surface area contributed by atoms with Gasteiger partial charge in [0.1, 0.15) is 18.2 Å². The fraction of sp³-hybridized carbons (Fsp3) is 0.235. The summed E-state index contributed by atoms with van der Waals surface area (Å²) in [7, 11) is 0. The molecule has 23 heavy (non-hydrogen) atoms. The predicted octanol–water partition coefficient (Wildman–Crippen LogP) is 3.16. The molecule has 1 aliphatic carbocycles. The minimum atomic E-state index is -0.862. The maximum atomic E-state index is 12.9. The molecule has 2 amide bonds. The summed E-state index contributed by atoms with van der Waals surface area (Å²) in [5.74, 6) is 0.414. The van der Waals surface area contributed by atoms with Crippen molar-refractivity contribution in [3.63, 3.8) is 0 Å². The summed E-state index contributed by atoms with van der Waals surface area (Å²) in [4.78, 5) is 11.1. The van der Waals surface area contributed by atoms with Crippen molar-refractivity contribution in [2.45, 2.75) is 25.5 Å². The van der Waals surface area contributed by atoms with E-state index in [4.69, 9.17) is 10.5 Å². The van der Waals surface area contributed by atoms with E-state index in [2.05, 4.69) is 0 Å². The number of nitrogens with two attached hydrogens (primary N) is 1. The lowest BCUT2D eigenvalue weighted by Crippen LogP contribution is -2.35. The van der Waals surface area contributed by atoms with Gasteiger partial charge in [-0.1, -0.05) is 18.2 Å². The summed E-state index contributed by atoms with van der Waals surface area (Å²) in [6.45, 7) is 0.343. The molecule has 1 atom stereocenters. The molecule has 6 heteroatoms. The molecular formula is C17H17FN2O3. The Labute approximate surface area is 133 Å². The number of primary amides is 1. The molecule has 120 valence electrons. The molecule has 3 rings (SSSR count). The quantitative estimate of drug-likeness (QED) is 0.672. The number of hydrogen-bond acceptors (Lipinski definition) is 3. The number of halogens is 1. The topological polar surface area (TPSA) is 75.8 Å². The second kappa shape index (κ2) is 6.26. The van der Waals surface area contributed by atoms with E-state index in [1.165, 1.54) is 12.1 Å². The van der Waals surface area contributed by atoms with Gasteiger partial charge < -0.3 is 10.5 Å². The summed E-state index contributed by atoms with van der Waals surface area (Å²) in [6.07, 6.45) is 1.36. The zero-order valence-corrected chi connectivity index (χ0v) is 12.4. The van der Waals surface area contributed by atoms with Crippen molar-refractivity contribution in [1.29, 1.82) is 0 Å². The number of nitrogens with zero attached hydrogens (tertiary/aromatic N) is 1. The third-order valence-corrected chi connectivity index (χ3v) is 4.00. The van der Waals surface area contributed by atoms with Crippen LogP contribution in [0.3, 0.4) is 0 Å². The molecule has 0 fully saturated rings. The highest BCUT2D eigenvalue weighted by Gasteiger charge is 2.29. The van der Waals surface area contributed by atoms with Crippen LogP contribution >= 0.6 is 0 Å². The van der Waals surface area contributed by atoms with Gasteiger partial charge in [-0.15, -0.1) is 0 Å². The number of urea groups is 1. The Kier molecular flexibility index (Phi) is 4.16. The Morgan fingerprint density at radius 2 is 2.04 bits per heavy atom. The summed E-state index contributed by atoms with van der Waals surface area (Å²) < 4.78 is 18.6. The Morgan fingerprint density at radius 3 is 2.74 bits per heavy atom. The number of carbonyl (C=O) groups excluding carboxylic acids is 1. The standard InChI is InChI=1S/C17H17FN2O3/c18-13-4-1-11(2-5-13)10-23-14-6-7-15-12(9-14)3-8-16(15)20(22)17(19)21/h1-2,4-7,9,16,22H,3,8,10H2,(H2,19,21). The van der Waals surface area contributed by atoms with Crippen LogP contribution in [0, 0.1) is 5.82 Å². The normalized spacial score (nSPS) is 16.0. The van der Waals surface area contributed by atoms with Crippen LogP contribution in [0.25, 0.3) is 0 Å². The predicted molar refractivity (Wildman–Crippen MR) is 81.4 cm³/mol. The molecular weight excluding hydrogens is 299 g/mol. The van der Waals surface area contributed by atoms with Crippen LogP contribution in [0.1, 0.15) is 29.2 Å². The van der Waals surface area contributed by atoms with Crippen LogP contribution in [-0.2, 0) is 13.0 Å². The second-order valence-corrected chi connectivity index (χ2v) is 5.51. The molecule has 5 nitrogen and oxygen atoms in total. The van der Waals surface area contributed by atoms with E-state index in [9.17, 15) is 14.4 Å². The molecule has 0 bridgehead atoms. The molecule has 2 aromatic carbocycles. The minimum Gasteiger partial charge on any atom is -0.489 e. The van der Waals surface area contributed by atoms with E-state index in [0.29, 0.717) is 23.8 Å². The average Bonchev–Trinajstić information content (AvgIpc) is 2.96. The first kappa shape index (κ1) is 15.3. The number of hydroxylamine groups is 2. The third-order valence-electron chi connectivity index (χ3n) is 4.00. The zero-order chi connectivity index (χ0) is 16.4. The van der Waals surface area contributed by atoms with E-state index < -0.39 is 12.1 Å². The van der Waals surface area contributed by atoms with Crippen LogP contribution < -0.4 is 10.5 Å². The zero-order valence-electron chi connectivity index (χ0n) is 12.4. The number of fused-ring (bicyclic) bond motifs is 1. The molecule has 1 unspecified atom stereocenters. The number of amides is 2. The molecule has 0 aromatic heterocycles. The Balaban J connectivity index is 1.70. The SMILES string of the molecule is NC(=O)N(O)C1CCc2cc(OCc3ccc(F)cc3)ccc21. The number of ether oxygens (including phenoxy) is 1. The van der Waals surface area contributed by atoms with E-state index in [-0.39, 0.29) is 5.82 Å². The highest BCUT2D eigenvalue weighted by Crippen LogP contribution is 2.36. The summed E-state index contributed by atoms with van der Waals surface area (Å²) >= 11 is 0. The Morgan fingerprint density at radius 1 is 1.30 bits per heavy atom. The fourth-order valence-corrected chi connectivity index (χ4v) is 2.82. The molecule has 0 radical (unpaired) electrons. The molecule has 0 saturated carbocycles. The van der Waals surface area contributed by atoms with Crippen molar-refractivity contribution >= 4 is 6.03 Å². The van der Waals surface area contributed by atoms with Crippen LogP contribution in [0.5, 0.6) is 5.75 Å². The molecule has 0 saturated heterocycles. The van der Waals surface area contributed by atoms with Gasteiger partial charge >= 0.3 is 6.03 Å². The molecule has 3 N–H and O–H groups in total. The lowest BCUT2D eigenvalue weighted by Gasteiger charge is -2.20. The molecule has 0 spiro atoms. The lowest BCUT2D eigenvalue weighted by atomic mass is 10.1. The van der Waals surface area contributed by atoms with Gasteiger partial charge in [-0.3, -0.25) is 5.21 Å². The number of rotatable bonds is 4. The Hall–Kier alpha value is -2.60. The van der Waals surface area contributed by atoms with Crippen LogP contribution in [0.15, 0.2) is 42.5 Å². The maximum Gasteiger partial charge on any atom is 0.339 e.